The van der Waals surface area contributed by atoms with E-state index in [9.17, 15) is 9.59 Å². The van der Waals surface area contributed by atoms with Crippen LogP contribution in [0.25, 0.3) is 10.9 Å². The zero-order valence-corrected chi connectivity index (χ0v) is 14.7. The molecule has 1 atom stereocenters. The standard InChI is InChI=1S/C20H19NO3S/c1-14(20(23)17-13-21-18-10-6-5-9-16(17)18)24-19(22)11-12-25-15-7-3-2-4-8-15/h2-10,13-14,21H,11-12H2,1H3/t14-/m1/s1. The molecule has 4 nitrogen and oxygen atoms in total. The van der Waals surface area contributed by atoms with E-state index in [-0.39, 0.29) is 18.2 Å². The minimum Gasteiger partial charge on any atom is -0.454 e. The van der Waals surface area contributed by atoms with E-state index in [1.54, 1.807) is 24.9 Å². The van der Waals surface area contributed by atoms with Crippen molar-refractivity contribution in [1.82, 2.24) is 4.98 Å². The number of aromatic amines is 1. The Kier molecular flexibility index (Phi) is 5.56. The number of carbonyl (C=O) groups is 2. The first kappa shape index (κ1) is 17.3. The van der Waals surface area contributed by atoms with Crippen LogP contribution in [-0.4, -0.2) is 28.6 Å². The van der Waals surface area contributed by atoms with E-state index >= 15 is 0 Å². The third-order valence-corrected chi connectivity index (χ3v) is 4.86. The Hall–Kier alpha value is -2.53. The van der Waals surface area contributed by atoms with Gasteiger partial charge in [-0.2, -0.15) is 0 Å². The molecule has 1 aromatic heterocycles. The lowest BCUT2D eigenvalue weighted by molar-refractivity contribution is -0.145. The number of nitrogens with one attached hydrogen (secondary N) is 1. The van der Waals surface area contributed by atoms with Gasteiger partial charge in [0.1, 0.15) is 0 Å². The average Bonchev–Trinajstić information content (AvgIpc) is 3.06. The van der Waals surface area contributed by atoms with Gasteiger partial charge in [-0.05, 0) is 25.1 Å². The number of ketones is 1. The van der Waals surface area contributed by atoms with Gasteiger partial charge in [-0.25, -0.2) is 0 Å². The summed E-state index contributed by atoms with van der Waals surface area (Å²) < 4.78 is 5.31. The number of rotatable bonds is 7. The number of benzene rings is 2. The van der Waals surface area contributed by atoms with Crippen molar-refractivity contribution in [3.05, 3.63) is 66.4 Å². The summed E-state index contributed by atoms with van der Waals surface area (Å²) in [6.45, 7) is 1.62. The first-order valence-corrected chi connectivity index (χ1v) is 9.11. The Labute approximate surface area is 150 Å². The number of aromatic nitrogens is 1. The molecule has 5 heteroatoms. The van der Waals surface area contributed by atoms with Crippen LogP contribution in [0.4, 0.5) is 0 Å². The van der Waals surface area contributed by atoms with Crippen LogP contribution in [-0.2, 0) is 9.53 Å². The molecule has 1 heterocycles. The highest BCUT2D eigenvalue weighted by atomic mass is 32.2. The number of H-pyrrole nitrogens is 1. The number of thioether (sulfide) groups is 1. The molecule has 0 aliphatic rings. The van der Waals surface area contributed by atoms with Gasteiger partial charge in [0.25, 0.3) is 0 Å². The van der Waals surface area contributed by atoms with Crippen LogP contribution in [0.1, 0.15) is 23.7 Å². The summed E-state index contributed by atoms with van der Waals surface area (Å²) in [6.07, 6.45) is 1.14. The van der Waals surface area contributed by atoms with Crippen LogP contribution in [0, 0.1) is 0 Å². The number of Topliss-reactive ketones (excluding diaryl/α,β-unsaturated/α-hetero) is 1. The number of para-hydroxylation sites is 1. The second-order valence-electron chi connectivity index (χ2n) is 5.66. The van der Waals surface area contributed by atoms with E-state index in [4.69, 9.17) is 4.74 Å². The molecule has 0 unspecified atom stereocenters. The Morgan fingerprint density at radius 2 is 1.80 bits per heavy atom. The predicted molar refractivity (Wildman–Crippen MR) is 100.0 cm³/mol. The molecule has 0 spiro atoms. The number of carbonyl (C=O) groups excluding carboxylic acids is 2. The van der Waals surface area contributed by atoms with E-state index in [2.05, 4.69) is 4.98 Å². The van der Waals surface area contributed by atoms with Crippen molar-refractivity contribution in [3.63, 3.8) is 0 Å². The molecule has 0 saturated heterocycles. The summed E-state index contributed by atoms with van der Waals surface area (Å²) in [6, 6.07) is 17.4. The first-order valence-electron chi connectivity index (χ1n) is 8.13. The number of hydrogen-bond donors (Lipinski definition) is 1. The number of fused-ring (bicyclic) bond motifs is 1. The lowest BCUT2D eigenvalue weighted by Crippen LogP contribution is -2.24. The van der Waals surface area contributed by atoms with E-state index < -0.39 is 6.10 Å². The molecule has 25 heavy (non-hydrogen) atoms. The van der Waals surface area contributed by atoms with Crippen molar-refractivity contribution in [2.75, 3.05) is 5.75 Å². The largest absolute Gasteiger partial charge is 0.454 e. The highest BCUT2D eigenvalue weighted by Gasteiger charge is 2.22. The minimum absolute atomic E-state index is 0.193. The van der Waals surface area contributed by atoms with Gasteiger partial charge < -0.3 is 9.72 Å². The van der Waals surface area contributed by atoms with Crippen LogP contribution < -0.4 is 0 Å². The van der Waals surface area contributed by atoms with Gasteiger partial charge in [0.05, 0.1) is 6.42 Å². The Morgan fingerprint density at radius 3 is 2.60 bits per heavy atom. The molecule has 3 rings (SSSR count). The van der Waals surface area contributed by atoms with Gasteiger partial charge in [-0.1, -0.05) is 36.4 Å². The average molecular weight is 353 g/mol. The lowest BCUT2D eigenvalue weighted by Gasteiger charge is -2.12. The van der Waals surface area contributed by atoms with Gasteiger partial charge in [-0.3, -0.25) is 9.59 Å². The fourth-order valence-electron chi connectivity index (χ4n) is 2.57. The summed E-state index contributed by atoms with van der Waals surface area (Å²) >= 11 is 1.59. The van der Waals surface area contributed by atoms with Crippen LogP contribution in [0.15, 0.2) is 65.7 Å². The monoisotopic (exact) mass is 353 g/mol. The third kappa shape index (κ3) is 4.31. The van der Waals surface area contributed by atoms with E-state index in [0.717, 1.165) is 15.8 Å². The van der Waals surface area contributed by atoms with Crippen molar-refractivity contribution < 1.29 is 14.3 Å². The van der Waals surface area contributed by atoms with Gasteiger partial charge in [0.2, 0.25) is 5.78 Å². The Balaban J connectivity index is 1.53. The molecule has 128 valence electrons. The molecule has 1 N–H and O–H groups in total. The quantitative estimate of drug-likeness (QED) is 0.387. The fourth-order valence-corrected chi connectivity index (χ4v) is 3.43. The maximum Gasteiger partial charge on any atom is 0.307 e. The Bertz CT molecular complexity index is 873. The van der Waals surface area contributed by atoms with Crippen molar-refractivity contribution >= 4 is 34.4 Å². The molecule has 0 aliphatic heterocycles. The molecule has 0 aliphatic carbocycles. The summed E-state index contributed by atoms with van der Waals surface area (Å²) in [4.78, 5) is 28.7. The van der Waals surface area contributed by atoms with Crippen molar-refractivity contribution in [2.45, 2.75) is 24.3 Å². The highest BCUT2D eigenvalue weighted by molar-refractivity contribution is 7.99. The third-order valence-electron chi connectivity index (χ3n) is 3.85. The van der Waals surface area contributed by atoms with Gasteiger partial charge in [-0.15, -0.1) is 11.8 Å². The zero-order valence-electron chi connectivity index (χ0n) is 13.9. The molecular weight excluding hydrogens is 334 g/mol. The van der Waals surface area contributed by atoms with Crippen LogP contribution in [0.2, 0.25) is 0 Å². The number of ether oxygens (including phenoxy) is 1. The summed E-state index contributed by atoms with van der Waals surface area (Å²) in [5, 5.41) is 0.843. The predicted octanol–water partition coefficient (Wildman–Crippen LogP) is 4.46. The van der Waals surface area contributed by atoms with Crippen molar-refractivity contribution in [2.24, 2.45) is 0 Å². The van der Waals surface area contributed by atoms with Crippen LogP contribution in [0.3, 0.4) is 0 Å². The van der Waals surface area contributed by atoms with E-state index in [0.29, 0.717) is 11.3 Å². The van der Waals surface area contributed by atoms with Crippen molar-refractivity contribution in [3.8, 4) is 0 Å². The molecule has 0 amide bonds. The topological polar surface area (TPSA) is 59.2 Å². The molecule has 0 saturated carbocycles. The smallest absolute Gasteiger partial charge is 0.307 e. The SMILES string of the molecule is C[C@@H](OC(=O)CCSc1ccccc1)C(=O)c1c[nH]c2ccccc12. The molecule has 2 aromatic carbocycles. The zero-order chi connectivity index (χ0) is 17.6. The summed E-state index contributed by atoms with van der Waals surface area (Å²) in [7, 11) is 0. The van der Waals surface area contributed by atoms with Gasteiger partial charge >= 0.3 is 5.97 Å². The maximum absolute atomic E-state index is 12.5. The second-order valence-corrected chi connectivity index (χ2v) is 6.82. The summed E-state index contributed by atoms with van der Waals surface area (Å²) in [5.41, 5.74) is 1.44. The molecule has 3 aromatic rings. The molecule has 0 radical (unpaired) electrons. The minimum atomic E-state index is -0.798. The fraction of sp³-hybridized carbons (Fsp3) is 0.200. The molecule has 0 fully saturated rings. The van der Waals surface area contributed by atoms with Gasteiger partial charge in [0, 0.05) is 33.3 Å². The van der Waals surface area contributed by atoms with E-state index in [1.165, 1.54) is 0 Å². The highest BCUT2D eigenvalue weighted by Crippen LogP contribution is 2.21. The Morgan fingerprint density at radius 1 is 1.08 bits per heavy atom. The number of esters is 1. The molecule has 0 bridgehead atoms. The number of hydrogen-bond acceptors (Lipinski definition) is 4. The summed E-state index contributed by atoms with van der Waals surface area (Å²) in [5.74, 6) is 0.0715. The lowest BCUT2D eigenvalue weighted by atomic mass is 10.1. The van der Waals surface area contributed by atoms with E-state index in [1.807, 2.05) is 54.6 Å². The van der Waals surface area contributed by atoms with Gasteiger partial charge in [0.15, 0.2) is 6.10 Å². The van der Waals surface area contributed by atoms with Crippen LogP contribution >= 0.6 is 11.8 Å². The molecular formula is C20H19NO3S. The van der Waals surface area contributed by atoms with Crippen molar-refractivity contribution in [1.29, 1.82) is 0 Å². The first-order chi connectivity index (χ1) is 12.1. The normalized spacial score (nSPS) is 12.0. The second kappa shape index (κ2) is 8.03. The maximum atomic E-state index is 12.5. The van der Waals surface area contributed by atoms with Crippen LogP contribution in [0.5, 0.6) is 0 Å².